The first-order valence-electron chi connectivity index (χ1n) is 8.93. The van der Waals surface area contributed by atoms with Crippen LogP contribution in [0.1, 0.15) is 34.4 Å². The van der Waals surface area contributed by atoms with E-state index in [0.29, 0.717) is 30.2 Å². The summed E-state index contributed by atoms with van der Waals surface area (Å²) >= 11 is 0. The van der Waals surface area contributed by atoms with Crippen molar-refractivity contribution in [2.45, 2.75) is 26.3 Å². The number of nitrogens with one attached hydrogen (secondary N) is 4. The zero-order chi connectivity index (χ0) is 18.8. The lowest BCUT2D eigenvalue weighted by atomic mass is 10.1. The summed E-state index contributed by atoms with van der Waals surface area (Å²) in [5.41, 5.74) is 4.19. The Bertz CT molecular complexity index is 1060. The zero-order valence-electron chi connectivity index (χ0n) is 15.3. The molecule has 0 atom stereocenters. The van der Waals surface area contributed by atoms with Gasteiger partial charge in [0.25, 0.3) is 11.5 Å². The number of carbonyl (C=O) groups excluding carboxylic acids is 1. The van der Waals surface area contributed by atoms with Crippen LogP contribution in [0.4, 0.5) is 5.69 Å². The summed E-state index contributed by atoms with van der Waals surface area (Å²) in [4.78, 5) is 31.7. The molecule has 3 heterocycles. The van der Waals surface area contributed by atoms with Crippen molar-refractivity contribution in [1.29, 1.82) is 0 Å². The Morgan fingerprint density at radius 3 is 2.96 bits per heavy atom. The molecule has 0 aliphatic carbocycles. The van der Waals surface area contributed by atoms with Gasteiger partial charge in [-0.15, -0.1) is 12.4 Å². The SMILES string of the molecule is CCc1cc(=O)[nH]c(-c2cccc(NC(=O)c3n[nH]c4c3CNCC4)c2)n1.Cl. The topological polar surface area (TPSA) is 116 Å². The quantitative estimate of drug-likeness (QED) is 0.535. The zero-order valence-corrected chi connectivity index (χ0v) is 16.2. The monoisotopic (exact) mass is 400 g/mol. The minimum atomic E-state index is -0.267. The summed E-state index contributed by atoms with van der Waals surface area (Å²) in [5, 5.41) is 13.3. The molecule has 0 spiro atoms. The molecule has 0 unspecified atom stereocenters. The van der Waals surface area contributed by atoms with E-state index in [0.717, 1.165) is 35.5 Å². The molecular weight excluding hydrogens is 380 g/mol. The van der Waals surface area contributed by atoms with E-state index in [-0.39, 0.29) is 23.9 Å². The lowest BCUT2D eigenvalue weighted by Gasteiger charge is -2.13. The van der Waals surface area contributed by atoms with Gasteiger partial charge in [-0.2, -0.15) is 5.10 Å². The second-order valence-electron chi connectivity index (χ2n) is 6.43. The number of aryl methyl sites for hydroxylation is 1. The van der Waals surface area contributed by atoms with Gasteiger partial charge in [-0.3, -0.25) is 14.7 Å². The maximum atomic E-state index is 12.7. The molecule has 1 amide bonds. The number of anilines is 1. The van der Waals surface area contributed by atoms with Gasteiger partial charge >= 0.3 is 0 Å². The number of amides is 1. The first-order valence-corrected chi connectivity index (χ1v) is 8.93. The second kappa shape index (κ2) is 8.37. The molecule has 0 saturated carbocycles. The Balaban J connectivity index is 0.00000225. The lowest BCUT2D eigenvalue weighted by Crippen LogP contribution is -2.25. The van der Waals surface area contributed by atoms with E-state index in [9.17, 15) is 9.59 Å². The summed E-state index contributed by atoms with van der Waals surface area (Å²) in [5.74, 6) is 0.217. The molecule has 0 fully saturated rings. The van der Waals surface area contributed by atoms with Crippen molar-refractivity contribution in [3.05, 3.63) is 63.3 Å². The summed E-state index contributed by atoms with van der Waals surface area (Å²) in [6.45, 7) is 3.45. The van der Waals surface area contributed by atoms with E-state index < -0.39 is 0 Å². The third-order valence-electron chi connectivity index (χ3n) is 4.57. The number of nitrogens with zero attached hydrogens (tertiary/aromatic N) is 2. The third-order valence-corrected chi connectivity index (χ3v) is 4.57. The number of halogens is 1. The Morgan fingerprint density at radius 2 is 2.14 bits per heavy atom. The van der Waals surface area contributed by atoms with Gasteiger partial charge in [0.2, 0.25) is 0 Å². The van der Waals surface area contributed by atoms with Gasteiger partial charge in [-0.1, -0.05) is 19.1 Å². The number of aromatic nitrogens is 4. The first-order chi connectivity index (χ1) is 13.1. The van der Waals surface area contributed by atoms with Crippen molar-refractivity contribution in [3.63, 3.8) is 0 Å². The fourth-order valence-electron chi connectivity index (χ4n) is 3.17. The molecule has 1 aromatic carbocycles. The first kappa shape index (κ1) is 19.8. The predicted molar refractivity (Wildman–Crippen MR) is 109 cm³/mol. The summed E-state index contributed by atoms with van der Waals surface area (Å²) < 4.78 is 0. The summed E-state index contributed by atoms with van der Waals surface area (Å²) in [7, 11) is 0. The Hall–Kier alpha value is -2.97. The van der Waals surface area contributed by atoms with Crippen LogP contribution in [-0.2, 0) is 19.4 Å². The van der Waals surface area contributed by atoms with Crippen LogP contribution >= 0.6 is 12.4 Å². The molecule has 3 aromatic rings. The van der Waals surface area contributed by atoms with Gasteiger partial charge in [0.15, 0.2) is 5.69 Å². The van der Waals surface area contributed by atoms with Crippen molar-refractivity contribution < 1.29 is 4.79 Å². The molecule has 4 N–H and O–H groups in total. The molecule has 0 saturated heterocycles. The fourth-order valence-corrected chi connectivity index (χ4v) is 3.17. The Morgan fingerprint density at radius 1 is 1.29 bits per heavy atom. The van der Waals surface area contributed by atoms with Gasteiger partial charge in [-0.25, -0.2) is 4.98 Å². The lowest BCUT2D eigenvalue weighted by molar-refractivity contribution is 0.102. The second-order valence-corrected chi connectivity index (χ2v) is 6.43. The van der Waals surface area contributed by atoms with Crippen LogP contribution in [0.15, 0.2) is 35.1 Å². The molecule has 146 valence electrons. The molecule has 28 heavy (non-hydrogen) atoms. The van der Waals surface area contributed by atoms with Gasteiger partial charge in [0, 0.05) is 53.8 Å². The molecule has 1 aliphatic rings. The standard InChI is InChI=1S/C19H20N6O2.ClH/c1-2-12-9-16(26)23-18(21-12)11-4-3-5-13(8-11)22-19(27)17-14-10-20-7-6-15(14)24-25-17;/h3-5,8-9,20H,2,6-7,10H2,1H3,(H,22,27)(H,24,25)(H,21,23,26);1H. The molecule has 8 nitrogen and oxygen atoms in total. The van der Waals surface area contributed by atoms with Crippen molar-refractivity contribution in [2.75, 3.05) is 11.9 Å². The van der Waals surface area contributed by atoms with Crippen LogP contribution in [0.2, 0.25) is 0 Å². The van der Waals surface area contributed by atoms with E-state index in [4.69, 9.17) is 0 Å². The number of fused-ring (bicyclic) bond motifs is 1. The van der Waals surface area contributed by atoms with Crippen LogP contribution in [0, 0.1) is 0 Å². The van der Waals surface area contributed by atoms with E-state index in [1.165, 1.54) is 6.07 Å². The number of H-pyrrole nitrogens is 2. The fraction of sp³-hybridized carbons (Fsp3) is 0.263. The van der Waals surface area contributed by atoms with E-state index in [1.807, 2.05) is 19.1 Å². The van der Waals surface area contributed by atoms with Crippen LogP contribution in [-0.4, -0.2) is 32.6 Å². The molecule has 2 aromatic heterocycles. The van der Waals surface area contributed by atoms with Gasteiger partial charge < -0.3 is 15.6 Å². The van der Waals surface area contributed by atoms with Crippen molar-refractivity contribution >= 4 is 24.0 Å². The number of rotatable bonds is 4. The average Bonchev–Trinajstić information content (AvgIpc) is 3.12. The minimum absolute atomic E-state index is 0. The number of hydrogen-bond acceptors (Lipinski definition) is 5. The number of benzene rings is 1. The number of carbonyl (C=O) groups is 1. The molecular formula is C19H21ClN6O2. The maximum absolute atomic E-state index is 12.7. The summed E-state index contributed by atoms with van der Waals surface area (Å²) in [6.07, 6.45) is 1.50. The smallest absolute Gasteiger partial charge is 0.276 e. The van der Waals surface area contributed by atoms with Crippen molar-refractivity contribution in [1.82, 2.24) is 25.5 Å². The largest absolute Gasteiger partial charge is 0.321 e. The van der Waals surface area contributed by atoms with Crippen LogP contribution < -0.4 is 16.2 Å². The van der Waals surface area contributed by atoms with Crippen molar-refractivity contribution in [2.24, 2.45) is 0 Å². The Kier molecular flexibility index (Phi) is 5.91. The van der Waals surface area contributed by atoms with Crippen LogP contribution in [0.25, 0.3) is 11.4 Å². The molecule has 1 aliphatic heterocycles. The highest BCUT2D eigenvalue weighted by Gasteiger charge is 2.21. The van der Waals surface area contributed by atoms with E-state index in [1.54, 1.807) is 12.1 Å². The summed E-state index contributed by atoms with van der Waals surface area (Å²) in [6, 6.07) is 8.72. The van der Waals surface area contributed by atoms with Gasteiger partial charge in [0.1, 0.15) is 5.82 Å². The molecule has 0 radical (unpaired) electrons. The van der Waals surface area contributed by atoms with Gasteiger partial charge in [0.05, 0.1) is 0 Å². The average molecular weight is 401 g/mol. The Labute approximate surface area is 167 Å². The van der Waals surface area contributed by atoms with Crippen LogP contribution in [0.5, 0.6) is 0 Å². The minimum Gasteiger partial charge on any atom is -0.321 e. The number of aromatic amines is 2. The highest BCUT2D eigenvalue weighted by molar-refractivity contribution is 6.04. The highest BCUT2D eigenvalue weighted by atomic mass is 35.5. The van der Waals surface area contributed by atoms with Crippen molar-refractivity contribution in [3.8, 4) is 11.4 Å². The highest BCUT2D eigenvalue weighted by Crippen LogP contribution is 2.21. The molecule has 0 bridgehead atoms. The molecule has 4 rings (SSSR count). The van der Waals surface area contributed by atoms with Crippen LogP contribution in [0.3, 0.4) is 0 Å². The number of hydrogen-bond donors (Lipinski definition) is 4. The van der Waals surface area contributed by atoms with Gasteiger partial charge in [-0.05, 0) is 18.6 Å². The van der Waals surface area contributed by atoms with E-state index in [2.05, 4.69) is 30.8 Å². The maximum Gasteiger partial charge on any atom is 0.276 e. The predicted octanol–water partition coefficient (Wildman–Crippen LogP) is 2.04. The van der Waals surface area contributed by atoms with E-state index >= 15 is 0 Å². The molecule has 9 heteroatoms. The third kappa shape index (κ3) is 3.97. The normalized spacial score (nSPS) is 12.8.